The fourth-order valence-electron chi connectivity index (χ4n) is 1.56. The monoisotopic (exact) mass is 358 g/mol. The van der Waals surface area contributed by atoms with Gasteiger partial charge in [0.15, 0.2) is 0 Å². The zero-order valence-electron chi connectivity index (χ0n) is 12.9. The van der Waals surface area contributed by atoms with Gasteiger partial charge in [-0.2, -0.15) is 0 Å². The lowest BCUT2D eigenvalue weighted by atomic mass is 10.2. The average molecular weight is 359 g/mol. The molecule has 1 N–H and O–H groups in total. The molecule has 3 nitrogen and oxygen atoms in total. The van der Waals surface area contributed by atoms with Gasteiger partial charge in [0.1, 0.15) is 0 Å². The summed E-state index contributed by atoms with van der Waals surface area (Å²) in [6, 6.07) is 10.3. The predicted molar refractivity (Wildman–Crippen MR) is 90.9 cm³/mol. The molecule has 0 bridgehead atoms. The summed E-state index contributed by atoms with van der Waals surface area (Å²) < 4.78 is 5.46. The summed E-state index contributed by atoms with van der Waals surface area (Å²) >= 11 is 3.27. The molecule has 0 fully saturated rings. The zero-order valence-corrected chi connectivity index (χ0v) is 14.5. The minimum absolute atomic E-state index is 0.312. The second-order valence-corrected chi connectivity index (χ2v) is 5.58. The number of halogens is 1. The van der Waals surface area contributed by atoms with Gasteiger partial charge >= 0.3 is 5.97 Å². The van der Waals surface area contributed by atoms with Crippen LogP contribution >= 0.6 is 15.9 Å². The van der Waals surface area contributed by atoms with Crippen molar-refractivity contribution < 1.29 is 14.6 Å². The molecule has 1 rings (SSSR count). The van der Waals surface area contributed by atoms with E-state index in [1.54, 1.807) is 0 Å². The molecule has 0 unspecified atom stereocenters. The van der Waals surface area contributed by atoms with Gasteiger partial charge in [-0.15, -0.1) is 0 Å². The molecule has 1 aromatic rings. The molecule has 0 amide bonds. The number of carbonyl (C=O) groups is 1. The van der Waals surface area contributed by atoms with E-state index in [1.165, 1.54) is 12.0 Å². The summed E-state index contributed by atoms with van der Waals surface area (Å²) in [5.41, 5.74) is 1.26. The Morgan fingerprint density at radius 3 is 2.43 bits per heavy atom. The van der Waals surface area contributed by atoms with Crippen LogP contribution in [0.1, 0.15) is 51.0 Å². The number of ether oxygens (including phenoxy) is 1. The van der Waals surface area contributed by atoms with Gasteiger partial charge in [-0.3, -0.25) is 4.79 Å². The maximum Gasteiger partial charge on any atom is 0.303 e. The van der Waals surface area contributed by atoms with Gasteiger partial charge in [0, 0.05) is 18.4 Å². The van der Waals surface area contributed by atoms with Crippen molar-refractivity contribution in [1.82, 2.24) is 0 Å². The van der Waals surface area contributed by atoms with Crippen molar-refractivity contribution in [2.75, 3.05) is 11.9 Å². The standard InChI is InChI=1S/C11H16O.C6H11BrO2/c1-2-3-9-12-10-11-7-5-4-6-8-11;7-5-3-1-2-4-6(8)9/h4-8H,2-3,9-10H2,1H3;1-5H2,(H,8,9). The Kier molecular flexibility index (Phi) is 14.9. The van der Waals surface area contributed by atoms with Crippen LogP contribution in [0.4, 0.5) is 0 Å². The largest absolute Gasteiger partial charge is 0.481 e. The van der Waals surface area contributed by atoms with E-state index in [-0.39, 0.29) is 0 Å². The predicted octanol–water partition coefficient (Wildman–Crippen LogP) is 5.03. The second-order valence-electron chi connectivity index (χ2n) is 4.79. The number of carboxylic acid groups (broad SMARTS) is 1. The second kappa shape index (κ2) is 15.5. The lowest BCUT2D eigenvalue weighted by molar-refractivity contribution is -0.137. The SMILES string of the molecule is CCCCOCc1ccccc1.O=C(O)CCCCCBr. The minimum atomic E-state index is -0.690. The number of hydrogen-bond acceptors (Lipinski definition) is 2. The number of aliphatic carboxylic acids is 1. The van der Waals surface area contributed by atoms with Gasteiger partial charge in [0.05, 0.1) is 6.61 Å². The van der Waals surface area contributed by atoms with Crippen LogP contribution in [0, 0.1) is 0 Å². The molecule has 0 aliphatic carbocycles. The molecule has 0 saturated carbocycles. The lowest BCUT2D eigenvalue weighted by Gasteiger charge is -2.02. The maximum absolute atomic E-state index is 9.95. The van der Waals surface area contributed by atoms with E-state index in [4.69, 9.17) is 9.84 Å². The first-order valence-corrected chi connectivity index (χ1v) is 8.72. The first-order valence-electron chi connectivity index (χ1n) is 7.60. The van der Waals surface area contributed by atoms with Gasteiger partial charge in [-0.05, 0) is 24.8 Å². The van der Waals surface area contributed by atoms with Crippen molar-refractivity contribution in [2.24, 2.45) is 0 Å². The number of carboxylic acids is 1. The maximum atomic E-state index is 9.95. The highest BCUT2D eigenvalue weighted by molar-refractivity contribution is 9.09. The normalized spacial score (nSPS) is 9.81. The van der Waals surface area contributed by atoms with E-state index in [0.717, 1.165) is 44.2 Å². The van der Waals surface area contributed by atoms with Crippen LogP contribution in [0.5, 0.6) is 0 Å². The van der Waals surface area contributed by atoms with E-state index in [9.17, 15) is 4.79 Å². The summed E-state index contributed by atoms with van der Waals surface area (Å²) in [4.78, 5) is 9.95. The molecular formula is C17H27BrO3. The lowest BCUT2D eigenvalue weighted by Crippen LogP contribution is -1.94. The van der Waals surface area contributed by atoms with Gasteiger partial charge in [0.25, 0.3) is 0 Å². The zero-order chi connectivity index (χ0) is 15.8. The number of rotatable bonds is 10. The summed E-state index contributed by atoms with van der Waals surface area (Å²) in [7, 11) is 0. The molecule has 1 aromatic carbocycles. The van der Waals surface area contributed by atoms with Crippen LogP contribution in [-0.2, 0) is 16.1 Å². The molecule has 0 heterocycles. The smallest absolute Gasteiger partial charge is 0.303 e. The Morgan fingerprint density at radius 2 is 1.86 bits per heavy atom. The third kappa shape index (κ3) is 15.3. The van der Waals surface area contributed by atoms with E-state index in [1.807, 2.05) is 18.2 Å². The number of hydrogen-bond donors (Lipinski definition) is 1. The quantitative estimate of drug-likeness (QED) is 0.471. The van der Waals surface area contributed by atoms with E-state index < -0.39 is 5.97 Å². The molecule has 120 valence electrons. The molecule has 0 aliphatic rings. The van der Waals surface area contributed by atoms with E-state index in [0.29, 0.717) is 6.42 Å². The molecule has 0 atom stereocenters. The van der Waals surface area contributed by atoms with Crippen molar-refractivity contribution in [2.45, 2.75) is 52.1 Å². The fraction of sp³-hybridized carbons (Fsp3) is 0.588. The molecule has 4 heteroatoms. The average Bonchev–Trinajstić information content (AvgIpc) is 2.50. The Labute approximate surface area is 136 Å². The molecule has 0 saturated heterocycles. The highest BCUT2D eigenvalue weighted by Crippen LogP contribution is 2.01. The summed E-state index contributed by atoms with van der Waals surface area (Å²) in [5, 5.41) is 9.18. The molecule has 0 aliphatic heterocycles. The van der Waals surface area contributed by atoms with Crippen molar-refractivity contribution in [3.05, 3.63) is 35.9 Å². The van der Waals surface area contributed by atoms with Gasteiger partial charge in [-0.1, -0.05) is 66.0 Å². The molecule has 0 aromatic heterocycles. The molecule has 21 heavy (non-hydrogen) atoms. The molecule has 0 spiro atoms. The van der Waals surface area contributed by atoms with Crippen molar-refractivity contribution in [3.8, 4) is 0 Å². The summed E-state index contributed by atoms with van der Waals surface area (Å²) in [5.74, 6) is -0.690. The van der Waals surface area contributed by atoms with Crippen molar-refractivity contribution >= 4 is 21.9 Å². The van der Waals surface area contributed by atoms with Crippen molar-refractivity contribution in [3.63, 3.8) is 0 Å². The van der Waals surface area contributed by atoms with E-state index >= 15 is 0 Å². The van der Waals surface area contributed by atoms with Crippen LogP contribution < -0.4 is 0 Å². The Hall–Kier alpha value is -0.870. The summed E-state index contributed by atoms with van der Waals surface area (Å²) in [6.07, 6.45) is 5.57. The van der Waals surface area contributed by atoms with Gasteiger partial charge in [0.2, 0.25) is 0 Å². The summed E-state index contributed by atoms with van der Waals surface area (Å²) in [6.45, 7) is 3.80. The van der Waals surface area contributed by atoms with Crippen LogP contribution in [-0.4, -0.2) is 23.0 Å². The van der Waals surface area contributed by atoms with Crippen LogP contribution in [0.2, 0.25) is 0 Å². The highest BCUT2D eigenvalue weighted by atomic mass is 79.9. The minimum Gasteiger partial charge on any atom is -0.481 e. The molecular weight excluding hydrogens is 332 g/mol. The van der Waals surface area contributed by atoms with Crippen molar-refractivity contribution in [1.29, 1.82) is 0 Å². The first-order chi connectivity index (χ1) is 10.2. The first kappa shape index (κ1) is 20.1. The van der Waals surface area contributed by atoms with Crippen LogP contribution in [0.15, 0.2) is 30.3 Å². The third-order valence-electron chi connectivity index (χ3n) is 2.78. The number of unbranched alkanes of at least 4 members (excludes halogenated alkanes) is 3. The topological polar surface area (TPSA) is 46.5 Å². The Balaban J connectivity index is 0.000000400. The van der Waals surface area contributed by atoms with Crippen LogP contribution in [0.3, 0.4) is 0 Å². The highest BCUT2D eigenvalue weighted by Gasteiger charge is 1.94. The third-order valence-corrected chi connectivity index (χ3v) is 3.34. The van der Waals surface area contributed by atoms with E-state index in [2.05, 4.69) is 35.0 Å². The molecule has 0 radical (unpaired) electrons. The Bertz CT molecular complexity index is 341. The Morgan fingerprint density at radius 1 is 1.14 bits per heavy atom. The van der Waals surface area contributed by atoms with Gasteiger partial charge in [-0.25, -0.2) is 0 Å². The van der Waals surface area contributed by atoms with Gasteiger partial charge < -0.3 is 9.84 Å². The number of alkyl halides is 1. The number of benzene rings is 1. The van der Waals surface area contributed by atoms with Crippen LogP contribution in [0.25, 0.3) is 0 Å². The fourth-order valence-corrected chi connectivity index (χ4v) is 1.95.